The minimum absolute atomic E-state index is 0.436. The molecule has 1 atom stereocenters. The molecule has 0 spiro atoms. The van der Waals surface area contributed by atoms with Crippen molar-refractivity contribution in [2.24, 2.45) is 0 Å². The van der Waals surface area contributed by atoms with E-state index in [0.29, 0.717) is 12.6 Å². The summed E-state index contributed by atoms with van der Waals surface area (Å²) in [4.78, 5) is 0. The maximum Gasteiger partial charge on any atom is 0.119 e. The number of rotatable bonds is 9. The predicted octanol–water partition coefficient (Wildman–Crippen LogP) is 2.99. The lowest BCUT2D eigenvalue weighted by Gasteiger charge is -2.18. The van der Waals surface area contributed by atoms with Crippen molar-refractivity contribution < 1.29 is 9.47 Å². The van der Waals surface area contributed by atoms with Crippen molar-refractivity contribution in [1.29, 1.82) is 0 Å². The molecular formula is C15H25NO2. The third kappa shape index (κ3) is 5.52. The Morgan fingerprint density at radius 2 is 2.11 bits per heavy atom. The van der Waals surface area contributed by atoms with Gasteiger partial charge in [0.25, 0.3) is 0 Å². The Morgan fingerprint density at radius 3 is 2.78 bits per heavy atom. The van der Waals surface area contributed by atoms with Gasteiger partial charge >= 0.3 is 0 Å². The smallest absolute Gasteiger partial charge is 0.119 e. The first-order valence-electron chi connectivity index (χ1n) is 6.74. The van der Waals surface area contributed by atoms with Crippen LogP contribution in [0, 0.1) is 0 Å². The number of benzene rings is 1. The molecule has 0 saturated carbocycles. The van der Waals surface area contributed by atoms with E-state index in [4.69, 9.17) is 9.47 Å². The Morgan fingerprint density at radius 1 is 1.28 bits per heavy atom. The highest BCUT2D eigenvalue weighted by Gasteiger charge is 2.07. The number of hydrogen-bond donors (Lipinski definition) is 1. The van der Waals surface area contributed by atoms with Crippen LogP contribution < -0.4 is 10.1 Å². The Balaban J connectivity index is 2.47. The Labute approximate surface area is 110 Å². The zero-order chi connectivity index (χ0) is 13.2. The van der Waals surface area contributed by atoms with Gasteiger partial charge in [-0.2, -0.15) is 0 Å². The minimum atomic E-state index is 0.436. The van der Waals surface area contributed by atoms with Gasteiger partial charge in [-0.25, -0.2) is 0 Å². The molecule has 0 aliphatic rings. The van der Waals surface area contributed by atoms with Crippen molar-refractivity contribution >= 4 is 0 Å². The second-order valence-corrected chi connectivity index (χ2v) is 4.43. The molecule has 0 saturated heterocycles. The molecule has 18 heavy (non-hydrogen) atoms. The van der Waals surface area contributed by atoms with E-state index in [1.165, 1.54) is 6.42 Å². The van der Waals surface area contributed by atoms with Crippen molar-refractivity contribution in [1.82, 2.24) is 5.32 Å². The Hall–Kier alpha value is -1.06. The number of hydrogen-bond acceptors (Lipinski definition) is 3. The average molecular weight is 251 g/mol. The lowest BCUT2D eigenvalue weighted by Crippen LogP contribution is -2.34. The van der Waals surface area contributed by atoms with E-state index in [9.17, 15) is 0 Å². The topological polar surface area (TPSA) is 30.5 Å². The van der Waals surface area contributed by atoms with Gasteiger partial charge in [0.05, 0.1) is 6.61 Å². The number of nitrogens with one attached hydrogen (secondary N) is 1. The molecule has 3 heteroatoms. The molecule has 102 valence electrons. The fraction of sp³-hybridized carbons (Fsp3) is 0.600. The standard InChI is InChI=1S/C15H25NO2/c1-4-7-14(16-5-2)12-18-15-9-6-8-13(10-15)11-17-3/h6,8-10,14,16H,4-5,7,11-12H2,1-3H3. The first-order valence-corrected chi connectivity index (χ1v) is 6.74. The first kappa shape index (κ1) is 15.0. The van der Waals surface area contributed by atoms with E-state index in [-0.39, 0.29) is 0 Å². The molecule has 1 rings (SSSR count). The van der Waals surface area contributed by atoms with Crippen LogP contribution in [0.5, 0.6) is 5.75 Å². The zero-order valence-electron chi connectivity index (χ0n) is 11.7. The normalized spacial score (nSPS) is 12.4. The summed E-state index contributed by atoms with van der Waals surface area (Å²) in [7, 11) is 1.70. The average Bonchev–Trinajstić information content (AvgIpc) is 2.37. The summed E-state index contributed by atoms with van der Waals surface area (Å²) < 4.78 is 11.0. The van der Waals surface area contributed by atoms with Gasteiger partial charge in [-0.1, -0.05) is 32.4 Å². The van der Waals surface area contributed by atoms with Crippen molar-refractivity contribution in [2.75, 3.05) is 20.3 Å². The Bertz CT molecular complexity index is 322. The lowest BCUT2D eigenvalue weighted by molar-refractivity contribution is 0.184. The molecule has 1 aromatic carbocycles. The Kier molecular flexibility index (Phi) is 7.46. The molecule has 1 aromatic rings. The molecule has 3 nitrogen and oxygen atoms in total. The molecule has 1 N–H and O–H groups in total. The minimum Gasteiger partial charge on any atom is -0.492 e. The van der Waals surface area contributed by atoms with E-state index in [2.05, 4.69) is 19.2 Å². The van der Waals surface area contributed by atoms with Crippen LogP contribution in [0.15, 0.2) is 24.3 Å². The van der Waals surface area contributed by atoms with Crippen LogP contribution in [0.25, 0.3) is 0 Å². The third-order valence-electron chi connectivity index (χ3n) is 2.79. The highest BCUT2D eigenvalue weighted by atomic mass is 16.5. The summed E-state index contributed by atoms with van der Waals surface area (Å²) in [5.41, 5.74) is 1.14. The molecule has 0 aromatic heterocycles. The quantitative estimate of drug-likeness (QED) is 0.732. The van der Waals surface area contributed by atoms with Gasteiger partial charge in [-0.05, 0) is 30.7 Å². The van der Waals surface area contributed by atoms with Crippen LogP contribution in [0.2, 0.25) is 0 Å². The maximum absolute atomic E-state index is 5.84. The monoisotopic (exact) mass is 251 g/mol. The summed E-state index contributed by atoms with van der Waals surface area (Å²) in [5, 5.41) is 3.44. The van der Waals surface area contributed by atoms with E-state index in [1.807, 2.05) is 24.3 Å². The van der Waals surface area contributed by atoms with Crippen LogP contribution in [-0.2, 0) is 11.3 Å². The third-order valence-corrected chi connectivity index (χ3v) is 2.79. The van der Waals surface area contributed by atoms with Crippen LogP contribution in [0.1, 0.15) is 32.3 Å². The highest BCUT2D eigenvalue weighted by Crippen LogP contribution is 2.14. The summed E-state index contributed by atoms with van der Waals surface area (Å²) in [5.74, 6) is 0.920. The van der Waals surface area contributed by atoms with Crippen molar-refractivity contribution in [3.05, 3.63) is 29.8 Å². The number of methoxy groups -OCH3 is 1. The first-order chi connectivity index (χ1) is 8.80. The lowest BCUT2D eigenvalue weighted by atomic mass is 10.2. The fourth-order valence-electron chi connectivity index (χ4n) is 1.97. The van der Waals surface area contributed by atoms with Gasteiger partial charge in [0.15, 0.2) is 0 Å². The molecular weight excluding hydrogens is 226 g/mol. The molecule has 0 aliphatic heterocycles. The summed E-state index contributed by atoms with van der Waals surface area (Å²) in [6.45, 7) is 6.66. The highest BCUT2D eigenvalue weighted by molar-refractivity contribution is 5.28. The van der Waals surface area contributed by atoms with Crippen LogP contribution in [-0.4, -0.2) is 26.3 Å². The van der Waals surface area contributed by atoms with Gasteiger partial charge in [-0.15, -0.1) is 0 Å². The van der Waals surface area contributed by atoms with Gasteiger partial charge in [0, 0.05) is 13.2 Å². The number of ether oxygens (including phenoxy) is 2. The van der Waals surface area contributed by atoms with Gasteiger partial charge < -0.3 is 14.8 Å². The fourth-order valence-corrected chi connectivity index (χ4v) is 1.97. The van der Waals surface area contributed by atoms with Crippen LogP contribution in [0.3, 0.4) is 0 Å². The molecule has 0 fully saturated rings. The van der Waals surface area contributed by atoms with Gasteiger partial charge in [0.1, 0.15) is 12.4 Å². The number of likely N-dealkylation sites (N-methyl/N-ethyl adjacent to an activating group) is 1. The maximum atomic E-state index is 5.84. The molecule has 0 heterocycles. The van der Waals surface area contributed by atoms with E-state index in [1.54, 1.807) is 7.11 Å². The SMILES string of the molecule is CCCC(COc1cccc(COC)c1)NCC. The van der Waals surface area contributed by atoms with Gasteiger partial charge in [-0.3, -0.25) is 0 Å². The van der Waals surface area contributed by atoms with E-state index < -0.39 is 0 Å². The molecule has 0 aliphatic carbocycles. The zero-order valence-corrected chi connectivity index (χ0v) is 11.7. The van der Waals surface area contributed by atoms with E-state index >= 15 is 0 Å². The van der Waals surface area contributed by atoms with Gasteiger partial charge in [0.2, 0.25) is 0 Å². The molecule has 0 radical (unpaired) electrons. The van der Waals surface area contributed by atoms with Crippen molar-refractivity contribution in [3.8, 4) is 5.75 Å². The van der Waals surface area contributed by atoms with E-state index in [0.717, 1.165) is 30.9 Å². The molecule has 1 unspecified atom stereocenters. The summed E-state index contributed by atoms with van der Waals surface area (Å²) in [6, 6.07) is 8.52. The van der Waals surface area contributed by atoms with Crippen molar-refractivity contribution in [3.63, 3.8) is 0 Å². The van der Waals surface area contributed by atoms with Crippen molar-refractivity contribution in [2.45, 2.75) is 39.3 Å². The second-order valence-electron chi connectivity index (χ2n) is 4.43. The summed E-state index contributed by atoms with van der Waals surface area (Å²) in [6.07, 6.45) is 2.32. The summed E-state index contributed by atoms with van der Waals surface area (Å²) >= 11 is 0. The predicted molar refractivity (Wildman–Crippen MR) is 75.0 cm³/mol. The molecule has 0 amide bonds. The second kappa shape index (κ2) is 8.95. The largest absolute Gasteiger partial charge is 0.492 e. The van der Waals surface area contributed by atoms with Crippen LogP contribution in [0.4, 0.5) is 0 Å². The van der Waals surface area contributed by atoms with Crippen LogP contribution >= 0.6 is 0 Å². The molecule has 0 bridgehead atoms.